The zero-order valence-corrected chi connectivity index (χ0v) is 12.4. The summed E-state index contributed by atoms with van der Waals surface area (Å²) in [5.74, 6) is -0.141. The van der Waals surface area contributed by atoms with Crippen LogP contribution < -0.4 is 5.32 Å². The van der Waals surface area contributed by atoms with Crippen LogP contribution in [0.2, 0.25) is 0 Å². The summed E-state index contributed by atoms with van der Waals surface area (Å²) >= 11 is 0. The second-order valence-electron chi connectivity index (χ2n) is 5.24. The van der Waals surface area contributed by atoms with Crippen LogP contribution in [-0.4, -0.2) is 6.54 Å². The average molecular weight is 265 g/mol. The molecule has 0 heterocycles. The Morgan fingerprint density at radius 1 is 1.05 bits per heavy atom. The minimum Gasteiger partial charge on any atom is -0.310 e. The minimum atomic E-state index is -0.141. The van der Waals surface area contributed by atoms with Crippen molar-refractivity contribution in [1.29, 1.82) is 0 Å². The maximum atomic E-state index is 13.2. The summed E-state index contributed by atoms with van der Waals surface area (Å²) in [5, 5.41) is 3.54. The van der Waals surface area contributed by atoms with E-state index >= 15 is 0 Å². The lowest BCUT2D eigenvalue weighted by atomic mass is 10.0. The fraction of sp³-hybridized carbons (Fsp3) is 0.647. The molecule has 0 aromatic heterocycles. The maximum Gasteiger partial charge on any atom is 0.123 e. The van der Waals surface area contributed by atoms with Crippen molar-refractivity contribution in [2.45, 2.75) is 64.8 Å². The first kappa shape index (κ1) is 16.2. The van der Waals surface area contributed by atoms with Gasteiger partial charge < -0.3 is 5.32 Å². The van der Waals surface area contributed by atoms with Crippen LogP contribution in [0.1, 0.15) is 70.4 Å². The molecule has 0 radical (unpaired) electrons. The molecular formula is C17H28FN. The van der Waals surface area contributed by atoms with Crippen LogP contribution in [0, 0.1) is 5.82 Å². The summed E-state index contributed by atoms with van der Waals surface area (Å²) in [5.41, 5.74) is 1.06. The predicted octanol–water partition coefficient (Wildman–Crippen LogP) is 5.23. The van der Waals surface area contributed by atoms with E-state index in [1.807, 2.05) is 6.07 Å². The zero-order valence-electron chi connectivity index (χ0n) is 12.4. The molecule has 0 amide bonds. The van der Waals surface area contributed by atoms with Gasteiger partial charge in [0.05, 0.1) is 0 Å². The van der Waals surface area contributed by atoms with Gasteiger partial charge in [-0.2, -0.15) is 0 Å². The lowest BCUT2D eigenvalue weighted by Crippen LogP contribution is -2.22. The quantitative estimate of drug-likeness (QED) is 0.571. The molecule has 108 valence electrons. The molecule has 0 saturated carbocycles. The largest absolute Gasteiger partial charge is 0.310 e. The van der Waals surface area contributed by atoms with E-state index in [2.05, 4.69) is 19.2 Å². The Hall–Kier alpha value is -0.890. The van der Waals surface area contributed by atoms with Crippen molar-refractivity contribution in [3.8, 4) is 0 Å². The van der Waals surface area contributed by atoms with Crippen LogP contribution in [0.4, 0.5) is 4.39 Å². The molecule has 1 aromatic carbocycles. The summed E-state index contributed by atoms with van der Waals surface area (Å²) < 4.78 is 13.2. The highest BCUT2D eigenvalue weighted by molar-refractivity contribution is 5.19. The van der Waals surface area contributed by atoms with E-state index in [1.165, 1.54) is 44.6 Å². The van der Waals surface area contributed by atoms with Crippen LogP contribution >= 0.6 is 0 Å². The van der Waals surface area contributed by atoms with E-state index in [-0.39, 0.29) is 11.9 Å². The van der Waals surface area contributed by atoms with Gasteiger partial charge in [0.25, 0.3) is 0 Å². The van der Waals surface area contributed by atoms with Crippen LogP contribution in [0.15, 0.2) is 24.3 Å². The van der Waals surface area contributed by atoms with Gasteiger partial charge in [0.15, 0.2) is 0 Å². The standard InChI is InChI=1S/C17H28FN/c1-3-5-6-7-8-9-13-19-17(4-2)15-11-10-12-16(18)14-15/h10-12,14,17,19H,3-9,13H2,1-2H3. The third kappa shape index (κ3) is 6.72. The van der Waals surface area contributed by atoms with Gasteiger partial charge in [0.2, 0.25) is 0 Å². The van der Waals surface area contributed by atoms with Crippen molar-refractivity contribution in [1.82, 2.24) is 5.32 Å². The first-order valence-corrected chi connectivity index (χ1v) is 7.76. The van der Waals surface area contributed by atoms with Gasteiger partial charge in [-0.15, -0.1) is 0 Å². The van der Waals surface area contributed by atoms with Gasteiger partial charge >= 0.3 is 0 Å². The number of nitrogens with one attached hydrogen (secondary N) is 1. The number of hydrogen-bond acceptors (Lipinski definition) is 1. The Balaban J connectivity index is 2.22. The van der Waals surface area contributed by atoms with Crippen molar-refractivity contribution in [3.63, 3.8) is 0 Å². The molecule has 0 saturated heterocycles. The lowest BCUT2D eigenvalue weighted by molar-refractivity contribution is 0.490. The van der Waals surface area contributed by atoms with Crippen LogP contribution in [0.5, 0.6) is 0 Å². The predicted molar refractivity (Wildman–Crippen MR) is 80.8 cm³/mol. The Bertz CT molecular complexity index is 338. The van der Waals surface area contributed by atoms with Gasteiger partial charge in [-0.25, -0.2) is 4.39 Å². The fourth-order valence-electron chi connectivity index (χ4n) is 2.40. The average Bonchev–Trinajstić information content (AvgIpc) is 2.42. The summed E-state index contributed by atoms with van der Waals surface area (Å²) in [7, 11) is 0. The summed E-state index contributed by atoms with van der Waals surface area (Å²) in [6, 6.07) is 7.23. The lowest BCUT2D eigenvalue weighted by Gasteiger charge is -2.17. The van der Waals surface area contributed by atoms with Crippen LogP contribution in [-0.2, 0) is 0 Å². The van der Waals surface area contributed by atoms with E-state index < -0.39 is 0 Å². The molecule has 0 fully saturated rings. The molecule has 1 atom stereocenters. The van der Waals surface area contributed by atoms with Crippen LogP contribution in [0.25, 0.3) is 0 Å². The summed E-state index contributed by atoms with van der Waals surface area (Å²) in [6.45, 7) is 5.41. The Kier molecular flexibility index (Phi) is 8.48. The van der Waals surface area contributed by atoms with Crippen molar-refractivity contribution in [2.24, 2.45) is 0 Å². The first-order chi connectivity index (χ1) is 9.27. The van der Waals surface area contributed by atoms with Gasteiger partial charge in [0, 0.05) is 6.04 Å². The van der Waals surface area contributed by atoms with Gasteiger partial charge in [0.1, 0.15) is 5.82 Å². The topological polar surface area (TPSA) is 12.0 Å². The van der Waals surface area contributed by atoms with E-state index in [1.54, 1.807) is 12.1 Å². The monoisotopic (exact) mass is 265 g/mol. The van der Waals surface area contributed by atoms with Gasteiger partial charge in [-0.1, -0.05) is 58.1 Å². The molecule has 1 N–H and O–H groups in total. The van der Waals surface area contributed by atoms with E-state index in [9.17, 15) is 4.39 Å². The second-order valence-corrected chi connectivity index (χ2v) is 5.24. The maximum absolute atomic E-state index is 13.2. The molecule has 1 aromatic rings. The number of rotatable bonds is 10. The molecule has 19 heavy (non-hydrogen) atoms. The molecule has 0 aliphatic carbocycles. The van der Waals surface area contributed by atoms with Crippen LogP contribution in [0.3, 0.4) is 0 Å². The normalized spacial score (nSPS) is 12.6. The number of hydrogen-bond donors (Lipinski definition) is 1. The molecule has 2 heteroatoms. The van der Waals surface area contributed by atoms with Crippen molar-refractivity contribution >= 4 is 0 Å². The van der Waals surface area contributed by atoms with Crippen molar-refractivity contribution in [3.05, 3.63) is 35.6 Å². The second kappa shape index (κ2) is 9.96. The third-order valence-electron chi connectivity index (χ3n) is 3.58. The molecule has 1 unspecified atom stereocenters. The number of unbranched alkanes of at least 4 members (excludes halogenated alkanes) is 5. The fourth-order valence-corrected chi connectivity index (χ4v) is 2.40. The van der Waals surface area contributed by atoms with Gasteiger partial charge in [-0.05, 0) is 37.1 Å². The zero-order chi connectivity index (χ0) is 13.9. The molecule has 0 spiro atoms. The Labute approximate surface area is 117 Å². The van der Waals surface area contributed by atoms with E-state index in [4.69, 9.17) is 0 Å². The van der Waals surface area contributed by atoms with Gasteiger partial charge in [-0.3, -0.25) is 0 Å². The highest BCUT2D eigenvalue weighted by atomic mass is 19.1. The highest BCUT2D eigenvalue weighted by Gasteiger charge is 2.08. The Morgan fingerprint density at radius 3 is 2.47 bits per heavy atom. The molecule has 0 aliphatic heterocycles. The van der Waals surface area contributed by atoms with Crippen molar-refractivity contribution in [2.75, 3.05) is 6.54 Å². The van der Waals surface area contributed by atoms with E-state index in [0.717, 1.165) is 18.5 Å². The smallest absolute Gasteiger partial charge is 0.123 e. The number of halogens is 1. The molecule has 0 bridgehead atoms. The third-order valence-corrected chi connectivity index (χ3v) is 3.58. The SMILES string of the molecule is CCCCCCCCNC(CC)c1cccc(F)c1. The molecule has 0 aliphatic rings. The first-order valence-electron chi connectivity index (χ1n) is 7.76. The summed E-state index contributed by atoms with van der Waals surface area (Å²) in [6.07, 6.45) is 8.87. The minimum absolute atomic E-state index is 0.141. The molecule has 1 rings (SSSR count). The number of benzene rings is 1. The molecular weight excluding hydrogens is 237 g/mol. The Morgan fingerprint density at radius 2 is 1.79 bits per heavy atom. The summed E-state index contributed by atoms with van der Waals surface area (Å²) in [4.78, 5) is 0. The van der Waals surface area contributed by atoms with Crippen molar-refractivity contribution < 1.29 is 4.39 Å². The van der Waals surface area contributed by atoms with E-state index in [0.29, 0.717) is 0 Å². The molecule has 1 nitrogen and oxygen atoms in total. The highest BCUT2D eigenvalue weighted by Crippen LogP contribution is 2.17.